The molecule has 0 fully saturated rings. The van der Waals surface area contributed by atoms with E-state index < -0.39 is 43.0 Å². The van der Waals surface area contributed by atoms with Crippen LogP contribution < -0.4 is 25.4 Å². The van der Waals surface area contributed by atoms with Gasteiger partial charge in [-0.1, -0.05) is 12.1 Å². The number of rotatable bonds is 8. The molecule has 0 atom stereocenters. The quantitative estimate of drug-likeness (QED) is 0.208. The van der Waals surface area contributed by atoms with Crippen LogP contribution in [0.5, 0.6) is 11.5 Å². The zero-order valence-electron chi connectivity index (χ0n) is 19.0. The lowest BCUT2D eigenvalue weighted by Crippen LogP contribution is -2.22. The van der Waals surface area contributed by atoms with Crippen molar-refractivity contribution in [1.29, 1.82) is 0 Å². The molecule has 0 saturated carbocycles. The van der Waals surface area contributed by atoms with Crippen molar-refractivity contribution in [3.8, 4) is 11.5 Å². The number of ether oxygens (including phenoxy) is 2. The van der Waals surface area contributed by atoms with E-state index >= 15 is 0 Å². The van der Waals surface area contributed by atoms with Crippen LogP contribution in [0.2, 0.25) is 0 Å². The smallest absolute Gasteiger partial charge is 0.422 e. The fraction of sp³-hybridized carbons (Fsp3) is 0.167. The van der Waals surface area contributed by atoms with Gasteiger partial charge in [-0.3, -0.25) is 4.79 Å². The highest BCUT2D eigenvalue weighted by Crippen LogP contribution is 2.32. The van der Waals surface area contributed by atoms with E-state index in [4.69, 9.17) is 17.0 Å². The molecule has 6 nitrogen and oxygen atoms in total. The second-order valence-electron chi connectivity index (χ2n) is 7.56. The zero-order valence-corrected chi connectivity index (χ0v) is 19.9. The van der Waals surface area contributed by atoms with Crippen LogP contribution in [0, 0.1) is 5.82 Å². The third kappa shape index (κ3) is 9.10. The van der Waals surface area contributed by atoms with E-state index in [0.717, 1.165) is 24.3 Å². The molecule has 14 heteroatoms. The zero-order chi connectivity index (χ0) is 27.9. The summed E-state index contributed by atoms with van der Waals surface area (Å²) in [4.78, 5) is 12.2. The minimum absolute atomic E-state index is 0.0696. The highest BCUT2D eigenvalue weighted by molar-refractivity contribution is 7.80. The molecule has 0 saturated heterocycles. The van der Waals surface area contributed by atoms with Gasteiger partial charge in [-0.25, -0.2) is 4.39 Å². The monoisotopic (exact) mass is 561 g/mol. The summed E-state index contributed by atoms with van der Waals surface area (Å²) < 4.78 is 98.2. The molecule has 0 bridgehead atoms. The number of hydrogen-bond acceptors (Lipinski definition) is 4. The summed E-state index contributed by atoms with van der Waals surface area (Å²) in [7, 11) is 0. The molecular weight excluding hydrogens is 543 g/mol. The molecule has 0 spiro atoms. The Morgan fingerprint density at radius 2 is 1.34 bits per heavy atom. The van der Waals surface area contributed by atoms with Gasteiger partial charge in [0.1, 0.15) is 17.3 Å². The Balaban J connectivity index is 1.65. The molecule has 0 heterocycles. The average molecular weight is 561 g/mol. The fourth-order valence-corrected chi connectivity index (χ4v) is 3.13. The number of nitrogens with one attached hydrogen (secondary N) is 3. The Kier molecular flexibility index (Phi) is 8.99. The summed E-state index contributed by atoms with van der Waals surface area (Å²) in [5.41, 5.74) is 0.549. The van der Waals surface area contributed by atoms with Gasteiger partial charge in [0.2, 0.25) is 0 Å². The Hall–Kier alpha value is -4.07. The van der Waals surface area contributed by atoms with Gasteiger partial charge in [0, 0.05) is 17.4 Å². The number of benzene rings is 3. The summed E-state index contributed by atoms with van der Waals surface area (Å²) >= 11 is 5.16. The summed E-state index contributed by atoms with van der Waals surface area (Å²) in [6.07, 6.45) is -9.35. The molecule has 3 N–H and O–H groups in total. The fourth-order valence-electron chi connectivity index (χ4n) is 2.91. The number of amides is 1. The molecule has 1 amide bonds. The molecule has 0 aromatic heterocycles. The van der Waals surface area contributed by atoms with Gasteiger partial charge in [0.15, 0.2) is 18.3 Å². The maximum Gasteiger partial charge on any atom is 0.422 e. The predicted octanol–water partition coefficient (Wildman–Crippen LogP) is 6.77. The van der Waals surface area contributed by atoms with Crippen LogP contribution in [0.15, 0.2) is 66.7 Å². The number of carbonyl (C=O) groups is 1. The minimum atomic E-state index is -4.71. The van der Waals surface area contributed by atoms with Gasteiger partial charge in [0.25, 0.3) is 5.91 Å². The number of anilines is 3. The Morgan fingerprint density at radius 3 is 1.95 bits per heavy atom. The van der Waals surface area contributed by atoms with Crippen LogP contribution in [-0.2, 0) is 0 Å². The van der Waals surface area contributed by atoms with E-state index in [0.29, 0.717) is 11.4 Å². The summed E-state index contributed by atoms with van der Waals surface area (Å²) in [6, 6.07) is 14.6. The number of carbonyl (C=O) groups excluding carboxylic acids is 1. The van der Waals surface area contributed by atoms with Crippen molar-refractivity contribution in [3.63, 3.8) is 0 Å². The molecule has 0 aliphatic heterocycles. The highest BCUT2D eigenvalue weighted by atomic mass is 32.1. The van der Waals surface area contributed by atoms with Gasteiger partial charge in [-0.2, -0.15) is 26.3 Å². The van der Waals surface area contributed by atoms with E-state index in [9.17, 15) is 35.5 Å². The van der Waals surface area contributed by atoms with Crippen molar-refractivity contribution in [2.75, 3.05) is 29.2 Å². The molecule has 3 aromatic rings. The molecule has 3 rings (SSSR count). The third-order valence-electron chi connectivity index (χ3n) is 4.51. The summed E-state index contributed by atoms with van der Waals surface area (Å²) in [5, 5.41) is 7.81. The van der Waals surface area contributed by atoms with Gasteiger partial charge in [0.05, 0.1) is 11.3 Å². The van der Waals surface area contributed by atoms with Crippen molar-refractivity contribution in [2.24, 2.45) is 0 Å². The minimum Gasteiger partial charge on any atom is -0.484 e. The molecule has 0 aliphatic carbocycles. The van der Waals surface area contributed by atoms with Crippen molar-refractivity contribution in [2.45, 2.75) is 12.4 Å². The topological polar surface area (TPSA) is 71.6 Å². The lowest BCUT2D eigenvalue weighted by molar-refractivity contribution is -0.153. The predicted molar refractivity (Wildman–Crippen MR) is 130 cm³/mol. The standard InChI is InChI=1S/C24H18F7N3O3S/c25-18-4-2-1-3-17(18)21(35)32-14-5-7-15(8-6-14)33-22(38)34-19-10-9-16(36-12-23(26,27)28)11-20(19)37-13-24(29,30)31/h1-11H,12-13H2,(H,32,35)(H2,33,34,38). The lowest BCUT2D eigenvalue weighted by atomic mass is 10.2. The number of alkyl halides is 6. The first-order valence-electron chi connectivity index (χ1n) is 10.6. The Bertz CT molecular complexity index is 1280. The maximum atomic E-state index is 13.8. The van der Waals surface area contributed by atoms with E-state index in [2.05, 4.69) is 20.7 Å². The van der Waals surface area contributed by atoms with E-state index in [1.165, 1.54) is 42.5 Å². The summed E-state index contributed by atoms with van der Waals surface area (Å²) in [5.74, 6) is -2.15. The summed E-state index contributed by atoms with van der Waals surface area (Å²) in [6.45, 7) is -3.35. The maximum absolute atomic E-state index is 13.8. The van der Waals surface area contributed by atoms with Crippen molar-refractivity contribution in [1.82, 2.24) is 0 Å². The average Bonchev–Trinajstić information content (AvgIpc) is 2.83. The Morgan fingerprint density at radius 1 is 0.763 bits per heavy atom. The van der Waals surface area contributed by atoms with Crippen LogP contribution in [0.1, 0.15) is 10.4 Å². The number of hydrogen-bond donors (Lipinski definition) is 3. The van der Waals surface area contributed by atoms with Gasteiger partial charge in [-0.15, -0.1) is 0 Å². The first-order chi connectivity index (χ1) is 17.8. The van der Waals surface area contributed by atoms with Crippen LogP contribution in [0.3, 0.4) is 0 Å². The molecule has 3 aromatic carbocycles. The number of thiocarbonyl (C=S) groups is 1. The number of halogens is 7. The molecule has 0 radical (unpaired) electrons. The van der Waals surface area contributed by atoms with Crippen LogP contribution in [0.25, 0.3) is 0 Å². The van der Waals surface area contributed by atoms with Crippen LogP contribution in [0.4, 0.5) is 47.8 Å². The van der Waals surface area contributed by atoms with E-state index in [-0.39, 0.29) is 22.1 Å². The van der Waals surface area contributed by atoms with Crippen LogP contribution >= 0.6 is 12.2 Å². The Labute approximate surface area is 216 Å². The molecule has 38 heavy (non-hydrogen) atoms. The SMILES string of the molecule is O=C(Nc1ccc(NC(=S)Nc2ccc(OCC(F)(F)F)cc2OCC(F)(F)F)cc1)c1ccccc1F. The lowest BCUT2D eigenvalue weighted by Gasteiger charge is -2.17. The first-order valence-corrected chi connectivity index (χ1v) is 11.0. The van der Waals surface area contributed by atoms with Crippen molar-refractivity contribution in [3.05, 3.63) is 78.1 Å². The second kappa shape index (κ2) is 12.0. The highest BCUT2D eigenvalue weighted by Gasteiger charge is 2.30. The molecule has 0 aliphatic rings. The van der Waals surface area contributed by atoms with Gasteiger partial charge >= 0.3 is 12.4 Å². The van der Waals surface area contributed by atoms with E-state index in [1.54, 1.807) is 0 Å². The molecule has 0 unspecified atom stereocenters. The van der Waals surface area contributed by atoms with Crippen molar-refractivity contribution >= 4 is 40.3 Å². The first kappa shape index (κ1) is 28.5. The molecular formula is C24H18F7N3O3S. The van der Waals surface area contributed by atoms with Crippen molar-refractivity contribution < 1.29 is 45.0 Å². The normalized spacial score (nSPS) is 11.4. The third-order valence-corrected chi connectivity index (χ3v) is 4.72. The second-order valence-corrected chi connectivity index (χ2v) is 7.96. The van der Waals surface area contributed by atoms with Gasteiger partial charge in [-0.05, 0) is 60.7 Å². The van der Waals surface area contributed by atoms with E-state index in [1.807, 2.05) is 0 Å². The van der Waals surface area contributed by atoms with Gasteiger partial charge < -0.3 is 25.4 Å². The largest absolute Gasteiger partial charge is 0.484 e. The molecule has 202 valence electrons. The van der Waals surface area contributed by atoms with Crippen LogP contribution in [-0.4, -0.2) is 36.6 Å².